The van der Waals surface area contributed by atoms with Gasteiger partial charge in [-0.3, -0.25) is 0 Å². The summed E-state index contributed by atoms with van der Waals surface area (Å²) in [4.78, 5) is 0. The van der Waals surface area contributed by atoms with Gasteiger partial charge in [0.05, 0.1) is 0 Å². The van der Waals surface area contributed by atoms with Crippen molar-refractivity contribution in [3.63, 3.8) is 0 Å². The molecule has 0 saturated heterocycles. The van der Waals surface area contributed by atoms with Gasteiger partial charge >= 0.3 is 7.12 Å². The largest absolute Gasteiger partial charge is 0.488 e. The molecule has 0 aromatic heterocycles. The van der Waals surface area contributed by atoms with Gasteiger partial charge in [-0.15, -0.1) is 0 Å². The summed E-state index contributed by atoms with van der Waals surface area (Å²) in [6.45, 7) is 1.68. The van der Waals surface area contributed by atoms with Gasteiger partial charge < -0.3 is 10.0 Å². The second-order valence-corrected chi connectivity index (χ2v) is 3.88. The molecule has 2 nitrogen and oxygen atoms in total. The van der Waals surface area contributed by atoms with Gasteiger partial charge in [0.25, 0.3) is 0 Å². The first-order valence-corrected chi connectivity index (χ1v) is 4.75. The van der Waals surface area contributed by atoms with Crippen LogP contribution < -0.4 is 5.46 Å². The SMILES string of the molecule is Cc1cc(F)c(C2CC2)cc1B(O)O. The van der Waals surface area contributed by atoms with Crippen LogP contribution in [-0.4, -0.2) is 17.2 Å². The summed E-state index contributed by atoms with van der Waals surface area (Å²) in [6, 6.07) is 2.95. The molecule has 0 aliphatic heterocycles. The first-order valence-electron chi connectivity index (χ1n) is 4.75. The van der Waals surface area contributed by atoms with Crippen LogP contribution in [0.4, 0.5) is 4.39 Å². The van der Waals surface area contributed by atoms with Crippen molar-refractivity contribution in [1.82, 2.24) is 0 Å². The molecule has 1 aliphatic rings. The predicted octanol–water partition coefficient (Wildman–Crippen LogP) is 0.691. The van der Waals surface area contributed by atoms with E-state index in [9.17, 15) is 4.39 Å². The smallest absolute Gasteiger partial charge is 0.423 e. The molecule has 0 radical (unpaired) electrons. The molecular weight excluding hydrogens is 182 g/mol. The van der Waals surface area contributed by atoms with Crippen molar-refractivity contribution in [2.45, 2.75) is 25.7 Å². The van der Waals surface area contributed by atoms with Crippen LogP contribution in [0.25, 0.3) is 0 Å². The Morgan fingerprint density at radius 3 is 2.50 bits per heavy atom. The Hall–Kier alpha value is -0.865. The highest BCUT2D eigenvalue weighted by Crippen LogP contribution is 2.41. The Morgan fingerprint density at radius 1 is 1.36 bits per heavy atom. The number of halogens is 1. The molecule has 0 atom stereocenters. The van der Waals surface area contributed by atoms with Gasteiger partial charge in [-0.2, -0.15) is 0 Å². The normalized spacial score (nSPS) is 15.7. The van der Waals surface area contributed by atoms with Crippen LogP contribution in [0.1, 0.15) is 29.9 Å². The summed E-state index contributed by atoms with van der Waals surface area (Å²) in [7, 11) is -1.51. The van der Waals surface area contributed by atoms with Crippen molar-refractivity contribution in [2.75, 3.05) is 0 Å². The van der Waals surface area contributed by atoms with E-state index in [0.29, 0.717) is 16.6 Å². The fourth-order valence-electron chi connectivity index (χ4n) is 1.69. The number of hydrogen-bond donors (Lipinski definition) is 2. The van der Waals surface area contributed by atoms with Crippen molar-refractivity contribution in [3.05, 3.63) is 29.1 Å². The second kappa shape index (κ2) is 3.37. The molecule has 0 heterocycles. The summed E-state index contributed by atoms with van der Waals surface area (Å²) in [6.07, 6.45) is 2.00. The maximum absolute atomic E-state index is 13.4. The third kappa shape index (κ3) is 1.67. The lowest BCUT2D eigenvalue weighted by Crippen LogP contribution is -2.32. The molecule has 1 saturated carbocycles. The molecule has 1 aromatic rings. The molecule has 2 N–H and O–H groups in total. The maximum Gasteiger partial charge on any atom is 0.488 e. The minimum Gasteiger partial charge on any atom is -0.423 e. The van der Waals surface area contributed by atoms with Crippen LogP contribution in [0.2, 0.25) is 0 Å². The highest BCUT2D eigenvalue weighted by atomic mass is 19.1. The first-order chi connectivity index (χ1) is 6.59. The van der Waals surface area contributed by atoms with E-state index in [2.05, 4.69) is 0 Å². The molecule has 0 unspecified atom stereocenters. The van der Waals surface area contributed by atoms with E-state index < -0.39 is 7.12 Å². The van der Waals surface area contributed by atoms with E-state index in [-0.39, 0.29) is 11.7 Å². The zero-order valence-electron chi connectivity index (χ0n) is 8.00. The molecule has 1 fully saturated rings. The molecule has 2 rings (SSSR count). The summed E-state index contributed by atoms with van der Waals surface area (Å²) < 4.78 is 13.4. The van der Waals surface area contributed by atoms with E-state index >= 15 is 0 Å². The summed E-state index contributed by atoms with van der Waals surface area (Å²) in [5.74, 6) is 0.0579. The highest BCUT2D eigenvalue weighted by molar-refractivity contribution is 6.59. The molecular formula is C10H12BFO2. The average Bonchev–Trinajstić information content (AvgIpc) is 2.86. The van der Waals surface area contributed by atoms with Gasteiger partial charge in [-0.05, 0) is 48.3 Å². The maximum atomic E-state index is 13.4. The lowest BCUT2D eigenvalue weighted by molar-refractivity contribution is 0.425. The van der Waals surface area contributed by atoms with Crippen molar-refractivity contribution in [1.29, 1.82) is 0 Å². The quantitative estimate of drug-likeness (QED) is 0.680. The standard InChI is InChI=1S/C10H12BFO2/c1-6-4-10(12)8(7-2-3-7)5-9(6)11(13)14/h4-5,7,13-14H,2-3H2,1H3. The third-order valence-corrected chi connectivity index (χ3v) is 2.68. The Morgan fingerprint density at radius 2 is 2.00 bits per heavy atom. The Labute approximate surface area is 82.5 Å². The molecule has 0 spiro atoms. The third-order valence-electron chi connectivity index (χ3n) is 2.68. The fourth-order valence-corrected chi connectivity index (χ4v) is 1.69. The van der Waals surface area contributed by atoms with Crippen LogP contribution >= 0.6 is 0 Å². The molecule has 0 bridgehead atoms. The lowest BCUT2D eigenvalue weighted by Gasteiger charge is -2.08. The minimum atomic E-state index is -1.51. The van der Waals surface area contributed by atoms with Gasteiger partial charge in [0.2, 0.25) is 0 Å². The van der Waals surface area contributed by atoms with Crippen molar-refractivity contribution in [2.24, 2.45) is 0 Å². The number of rotatable bonds is 2. The van der Waals surface area contributed by atoms with Gasteiger partial charge in [0.15, 0.2) is 0 Å². The van der Waals surface area contributed by atoms with Gasteiger partial charge in [-0.1, -0.05) is 6.07 Å². The summed E-state index contributed by atoms with van der Waals surface area (Å²) >= 11 is 0. The molecule has 14 heavy (non-hydrogen) atoms. The molecule has 1 aromatic carbocycles. The van der Waals surface area contributed by atoms with Crippen LogP contribution in [0.3, 0.4) is 0 Å². The van der Waals surface area contributed by atoms with Crippen LogP contribution in [0.5, 0.6) is 0 Å². The van der Waals surface area contributed by atoms with E-state index in [1.807, 2.05) is 0 Å². The van der Waals surface area contributed by atoms with Crippen LogP contribution in [0.15, 0.2) is 12.1 Å². The van der Waals surface area contributed by atoms with Crippen molar-refractivity contribution in [3.8, 4) is 0 Å². The zero-order chi connectivity index (χ0) is 10.3. The monoisotopic (exact) mass is 194 g/mol. The van der Waals surface area contributed by atoms with Gasteiger partial charge in [0.1, 0.15) is 5.82 Å². The Kier molecular flexibility index (Phi) is 2.33. The molecule has 1 aliphatic carbocycles. The van der Waals surface area contributed by atoms with E-state index in [0.717, 1.165) is 12.8 Å². The number of benzene rings is 1. The first kappa shape index (κ1) is 9.68. The van der Waals surface area contributed by atoms with Crippen molar-refractivity contribution >= 4 is 12.6 Å². The second-order valence-electron chi connectivity index (χ2n) is 3.88. The topological polar surface area (TPSA) is 40.5 Å². The molecule has 4 heteroatoms. The number of hydrogen-bond acceptors (Lipinski definition) is 2. The average molecular weight is 194 g/mol. The lowest BCUT2D eigenvalue weighted by atomic mass is 9.76. The Balaban J connectivity index is 2.45. The van der Waals surface area contributed by atoms with E-state index in [1.54, 1.807) is 13.0 Å². The molecule has 74 valence electrons. The minimum absolute atomic E-state index is 0.227. The Bertz CT molecular complexity index is 338. The van der Waals surface area contributed by atoms with E-state index in [4.69, 9.17) is 10.0 Å². The van der Waals surface area contributed by atoms with Crippen molar-refractivity contribution < 1.29 is 14.4 Å². The van der Waals surface area contributed by atoms with Gasteiger partial charge in [0, 0.05) is 0 Å². The highest BCUT2D eigenvalue weighted by Gasteiger charge is 2.28. The zero-order valence-corrected chi connectivity index (χ0v) is 8.00. The summed E-state index contributed by atoms with van der Waals surface area (Å²) in [5, 5.41) is 18.1. The number of aryl methyl sites for hydroxylation is 1. The van der Waals surface area contributed by atoms with Gasteiger partial charge in [-0.25, -0.2) is 4.39 Å². The van der Waals surface area contributed by atoms with E-state index in [1.165, 1.54) is 6.07 Å². The fraction of sp³-hybridized carbons (Fsp3) is 0.400. The molecule has 0 amide bonds. The summed E-state index contributed by atoms with van der Waals surface area (Å²) in [5.41, 5.74) is 1.62. The van der Waals surface area contributed by atoms with Crippen LogP contribution in [0, 0.1) is 12.7 Å². The van der Waals surface area contributed by atoms with Crippen LogP contribution in [-0.2, 0) is 0 Å². The predicted molar refractivity (Wildman–Crippen MR) is 52.9 cm³/mol.